The number of nitrogens with one attached hydrogen (secondary N) is 1. The Kier molecular flexibility index (Phi) is 5.94. The van der Waals surface area contributed by atoms with Crippen LogP contribution in [0.4, 0.5) is 10.5 Å². The van der Waals surface area contributed by atoms with Gasteiger partial charge in [-0.1, -0.05) is 12.1 Å². The molecule has 0 radical (unpaired) electrons. The van der Waals surface area contributed by atoms with Gasteiger partial charge in [0.25, 0.3) is 0 Å². The summed E-state index contributed by atoms with van der Waals surface area (Å²) in [5, 5.41) is 13.7. The van der Waals surface area contributed by atoms with Gasteiger partial charge in [-0.15, -0.1) is 0 Å². The number of anilines is 1. The van der Waals surface area contributed by atoms with Crippen molar-refractivity contribution in [3.63, 3.8) is 0 Å². The lowest BCUT2D eigenvalue weighted by Gasteiger charge is -2.30. The lowest BCUT2D eigenvalue weighted by molar-refractivity contribution is 0.0699. The number of carboxylic acids is 1. The highest BCUT2D eigenvalue weighted by Gasteiger charge is 2.31. The van der Waals surface area contributed by atoms with Gasteiger partial charge >= 0.3 is 12.1 Å². The van der Waals surface area contributed by atoms with Crippen LogP contribution in [0.15, 0.2) is 42.5 Å². The Hall–Kier alpha value is -3.48. The fourth-order valence-electron chi connectivity index (χ4n) is 4.76. The normalized spacial score (nSPS) is 16.6. The monoisotopic (exact) mass is 462 g/mol. The van der Waals surface area contributed by atoms with E-state index in [1.807, 2.05) is 44.2 Å². The minimum absolute atomic E-state index is 0.0860. The number of rotatable bonds is 8. The van der Waals surface area contributed by atoms with Gasteiger partial charge in [0.1, 0.15) is 11.9 Å². The summed E-state index contributed by atoms with van der Waals surface area (Å²) in [5.41, 5.74) is 3.27. The van der Waals surface area contributed by atoms with Gasteiger partial charge in [-0.3, -0.25) is 5.32 Å². The Morgan fingerprint density at radius 3 is 2.44 bits per heavy atom. The molecule has 178 valence electrons. The summed E-state index contributed by atoms with van der Waals surface area (Å²) in [6.07, 6.45) is 4.81. The Labute approximate surface area is 198 Å². The van der Waals surface area contributed by atoms with Crippen LogP contribution >= 0.6 is 0 Å². The molecule has 1 heterocycles. The third kappa shape index (κ3) is 4.22. The summed E-state index contributed by atoms with van der Waals surface area (Å²) in [5.74, 6) is 0.247. The zero-order valence-electron chi connectivity index (χ0n) is 19.5. The van der Waals surface area contributed by atoms with Gasteiger partial charge in [-0.05, 0) is 81.7 Å². The number of carboxylic acid groups (broad SMARTS) is 1. The molecule has 7 nitrogen and oxygen atoms in total. The number of aromatic carboxylic acids is 1. The SMILES string of the molecule is CCOc1ccc2c(C(=O)O)c(-c3ccc(NC(=O)OC(C)C4CC4)cc3)n(C3CCC3)c2c1. The number of amides is 1. The summed E-state index contributed by atoms with van der Waals surface area (Å²) in [6.45, 7) is 4.40. The second-order valence-corrected chi connectivity index (χ2v) is 9.25. The Morgan fingerprint density at radius 2 is 1.85 bits per heavy atom. The van der Waals surface area contributed by atoms with Crippen molar-refractivity contribution in [3.05, 3.63) is 48.0 Å². The Balaban J connectivity index is 1.51. The lowest BCUT2D eigenvalue weighted by atomic mass is 9.92. The van der Waals surface area contributed by atoms with Gasteiger partial charge in [0.2, 0.25) is 0 Å². The van der Waals surface area contributed by atoms with Crippen molar-refractivity contribution in [1.82, 2.24) is 4.57 Å². The zero-order chi connectivity index (χ0) is 23.8. The molecule has 0 bridgehead atoms. The van der Waals surface area contributed by atoms with E-state index in [1.165, 1.54) is 0 Å². The second-order valence-electron chi connectivity index (χ2n) is 9.25. The van der Waals surface area contributed by atoms with Crippen molar-refractivity contribution >= 4 is 28.7 Å². The van der Waals surface area contributed by atoms with Crippen LogP contribution in [0, 0.1) is 5.92 Å². The van der Waals surface area contributed by atoms with Crippen molar-refractivity contribution in [3.8, 4) is 17.0 Å². The first-order chi connectivity index (χ1) is 16.5. The third-order valence-electron chi connectivity index (χ3n) is 6.92. The highest BCUT2D eigenvalue weighted by molar-refractivity contribution is 6.10. The van der Waals surface area contributed by atoms with Crippen molar-refractivity contribution in [2.45, 2.75) is 58.1 Å². The van der Waals surface area contributed by atoms with Crippen molar-refractivity contribution < 1.29 is 24.2 Å². The molecule has 2 aliphatic rings. The molecule has 3 aromatic rings. The van der Waals surface area contributed by atoms with Gasteiger partial charge in [0, 0.05) is 23.2 Å². The summed E-state index contributed by atoms with van der Waals surface area (Å²) >= 11 is 0. The van der Waals surface area contributed by atoms with E-state index in [0.717, 1.165) is 48.9 Å². The molecule has 7 heteroatoms. The number of nitrogens with zero attached hydrogens (tertiary/aromatic N) is 1. The number of carbonyl (C=O) groups is 2. The van der Waals surface area contributed by atoms with E-state index in [1.54, 1.807) is 12.1 Å². The highest BCUT2D eigenvalue weighted by Crippen LogP contribution is 2.43. The van der Waals surface area contributed by atoms with Crippen LogP contribution in [-0.2, 0) is 4.74 Å². The maximum atomic E-state index is 12.4. The van der Waals surface area contributed by atoms with Crippen LogP contribution in [0.25, 0.3) is 22.2 Å². The van der Waals surface area contributed by atoms with Crippen LogP contribution in [0.5, 0.6) is 5.75 Å². The molecule has 0 saturated heterocycles. The van der Waals surface area contributed by atoms with E-state index in [9.17, 15) is 14.7 Å². The minimum Gasteiger partial charge on any atom is -0.494 e. The molecule has 0 aliphatic heterocycles. The first kappa shape index (κ1) is 22.3. The number of fused-ring (bicyclic) bond motifs is 1. The number of carbonyl (C=O) groups excluding carboxylic acids is 1. The largest absolute Gasteiger partial charge is 0.494 e. The van der Waals surface area contributed by atoms with Crippen LogP contribution < -0.4 is 10.1 Å². The molecule has 2 saturated carbocycles. The van der Waals surface area contributed by atoms with Gasteiger partial charge in [-0.2, -0.15) is 0 Å². The number of hydrogen-bond acceptors (Lipinski definition) is 4. The average molecular weight is 463 g/mol. The maximum Gasteiger partial charge on any atom is 0.411 e. The maximum absolute atomic E-state index is 12.4. The molecule has 2 fully saturated rings. The van der Waals surface area contributed by atoms with Crippen molar-refractivity contribution in [2.24, 2.45) is 5.92 Å². The van der Waals surface area contributed by atoms with E-state index >= 15 is 0 Å². The predicted molar refractivity (Wildman–Crippen MR) is 131 cm³/mol. The van der Waals surface area contributed by atoms with Gasteiger partial charge in [-0.25, -0.2) is 9.59 Å². The van der Waals surface area contributed by atoms with Gasteiger partial charge in [0.15, 0.2) is 0 Å². The number of hydrogen-bond donors (Lipinski definition) is 2. The number of benzene rings is 2. The molecule has 5 rings (SSSR count). The molecule has 2 N–H and O–H groups in total. The van der Waals surface area contributed by atoms with Gasteiger partial charge < -0.3 is 19.1 Å². The lowest BCUT2D eigenvalue weighted by Crippen LogP contribution is -2.21. The molecular weight excluding hydrogens is 432 g/mol. The molecule has 1 aromatic heterocycles. The first-order valence-corrected chi connectivity index (χ1v) is 12.1. The van der Waals surface area contributed by atoms with Gasteiger partial charge in [0.05, 0.1) is 23.4 Å². The van der Waals surface area contributed by atoms with Crippen LogP contribution in [-0.4, -0.2) is 34.4 Å². The third-order valence-corrected chi connectivity index (χ3v) is 6.92. The topological polar surface area (TPSA) is 89.8 Å². The Morgan fingerprint density at radius 1 is 1.12 bits per heavy atom. The summed E-state index contributed by atoms with van der Waals surface area (Å²) < 4.78 is 13.3. The molecule has 2 aliphatic carbocycles. The molecule has 1 atom stereocenters. The van der Waals surface area contributed by atoms with Crippen molar-refractivity contribution in [2.75, 3.05) is 11.9 Å². The quantitative estimate of drug-likeness (QED) is 0.400. The molecule has 2 aromatic carbocycles. The second kappa shape index (κ2) is 9.05. The number of ether oxygens (including phenoxy) is 2. The summed E-state index contributed by atoms with van der Waals surface area (Å²) in [4.78, 5) is 24.6. The van der Waals surface area contributed by atoms with E-state index in [-0.39, 0.29) is 12.1 Å². The average Bonchev–Trinajstić information content (AvgIpc) is 3.57. The molecule has 34 heavy (non-hydrogen) atoms. The smallest absolute Gasteiger partial charge is 0.411 e. The highest BCUT2D eigenvalue weighted by atomic mass is 16.6. The number of aromatic nitrogens is 1. The minimum atomic E-state index is -0.956. The zero-order valence-corrected chi connectivity index (χ0v) is 19.5. The summed E-state index contributed by atoms with van der Waals surface area (Å²) in [6, 6.07) is 13.2. The fraction of sp³-hybridized carbons (Fsp3) is 0.407. The fourth-order valence-corrected chi connectivity index (χ4v) is 4.76. The van der Waals surface area contributed by atoms with Crippen LogP contribution in [0.3, 0.4) is 0 Å². The van der Waals surface area contributed by atoms with E-state index in [2.05, 4.69) is 9.88 Å². The van der Waals surface area contributed by atoms with E-state index in [4.69, 9.17) is 9.47 Å². The molecular formula is C27H30N2O5. The first-order valence-electron chi connectivity index (χ1n) is 12.1. The van der Waals surface area contributed by atoms with E-state index in [0.29, 0.717) is 34.9 Å². The van der Waals surface area contributed by atoms with E-state index < -0.39 is 12.1 Å². The van der Waals surface area contributed by atoms with Crippen molar-refractivity contribution in [1.29, 1.82) is 0 Å². The molecule has 1 unspecified atom stereocenters. The standard InChI is InChI=1S/C27H30N2O5/c1-3-33-21-13-14-22-23(15-21)29(20-5-4-6-20)25(24(22)26(30)31)18-9-11-19(12-10-18)28-27(32)34-16(2)17-7-8-17/h9-17,20H,3-8H2,1-2H3,(H,28,32)(H,30,31). The predicted octanol–water partition coefficient (Wildman–Crippen LogP) is 6.48. The molecule has 0 spiro atoms. The molecule has 1 amide bonds. The Bertz CT molecular complexity index is 1220. The van der Waals surface area contributed by atoms with Crippen LogP contribution in [0.1, 0.15) is 62.4 Å². The summed E-state index contributed by atoms with van der Waals surface area (Å²) in [7, 11) is 0. The van der Waals surface area contributed by atoms with Crippen LogP contribution in [0.2, 0.25) is 0 Å².